The monoisotopic (exact) mass is 323 g/mol. The van der Waals surface area contributed by atoms with Gasteiger partial charge in [0.05, 0.1) is 24.2 Å². The van der Waals surface area contributed by atoms with E-state index in [-0.39, 0.29) is 11.9 Å². The number of amides is 1. The van der Waals surface area contributed by atoms with Gasteiger partial charge in [0.2, 0.25) is 5.91 Å². The smallest absolute Gasteiger partial charge is 0.220 e. The van der Waals surface area contributed by atoms with Crippen LogP contribution in [-0.4, -0.2) is 23.0 Å². The second-order valence-corrected chi connectivity index (χ2v) is 5.74. The number of aromatic amines is 1. The molecular formula is C19H21N3O2. The number of aryl methyl sites for hydroxylation is 1. The largest absolute Gasteiger partial charge is 0.496 e. The zero-order chi connectivity index (χ0) is 16.9. The molecule has 1 unspecified atom stereocenters. The number of fused-ring (bicyclic) bond motifs is 1. The number of para-hydroxylation sites is 3. The van der Waals surface area contributed by atoms with Gasteiger partial charge < -0.3 is 15.0 Å². The van der Waals surface area contributed by atoms with Gasteiger partial charge in [0.25, 0.3) is 0 Å². The van der Waals surface area contributed by atoms with E-state index in [9.17, 15) is 4.79 Å². The van der Waals surface area contributed by atoms with Crippen molar-refractivity contribution in [3.63, 3.8) is 0 Å². The Bertz CT molecular complexity index is 808. The fraction of sp³-hybridized carbons (Fsp3) is 0.263. The van der Waals surface area contributed by atoms with Gasteiger partial charge in [0, 0.05) is 6.42 Å². The summed E-state index contributed by atoms with van der Waals surface area (Å²) in [7, 11) is 1.64. The zero-order valence-electron chi connectivity index (χ0n) is 13.9. The van der Waals surface area contributed by atoms with E-state index in [1.165, 1.54) is 0 Å². The second kappa shape index (κ2) is 7.17. The Kier molecular flexibility index (Phi) is 4.79. The number of methoxy groups -OCH3 is 1. The maximum Gasteiger partial charge on any atom is 0.220 e. The van der Waals surface area contributed by atoms with Crippen molar-refractivity contribution >= 4 is 16.9 Å². The van der Waals surface area contributed by atoms with Crippen LogP contribution < -0.4 is 10.1 Å². The third-order valence-electron chi connectivity index (χ3n) is 4.01. The van der Waals surface area contributed by atoms with Gasteiger partial charge >= 0.3 is 0 Å². The minimum Gasteiger partial charge on any atom is -0.496 e. The highest BCUT2D eigenvalue weighted by atomic mass is 16.5. The SMILES string of the molecule is COc1ccccc1CCC(=O)NC(C)c1nc2ccccc2[nH]1. The molecule has 0 radical (unpaired) electrons. The quantitative estimate of drug-likeness (QED) is 0.731. The predicted molar refractivity (Wildman–Crippen MR) is 94.0 cm³/mol. The van der Waals surface area contributed by atoms with Crippen LogP contribution >= 0.6 is 0 Å². The standard InChI is InChI=1S/C19H21N3O2/c1-13(19-21-15-8-4-5-9-16(15)22-19)20-18(23)12-11-14-7-3-6-10-17(14)24-2/h3-10,13H,11-12H2,1-2H3,(H,20,23)(H,21,22). The van der Waals surface area contributed by atoms with E-state index < -0.39 is 0 Å². The molecule has 5 nitrogen and oxygen atoms in total. The van der Waals surface area contributed by atoms with Gasteiger partial charge in [-0.2, -0.15) is 0 Å². The maximum absolute atomic E-state index is 12.2. The molecule has 0 saturated heterocycles. The number of carbonyl (C=O) groups excluding carboxylic acids is 1. The summed E-state index contributed by atoms with van der Waals surface area (Å²) >= 11 is 0. The first-order chi connectivity index (χ1) is 11.7. The molecule has 0 spiro atoms. The number of ether oxygens (including phenoxy) is 1. The van der Waals surface area contributed by atoms with Crippen molar-refractivity contribution in [1.29, 1.82) is 0 Å². The van der Waals surface area contributed by atoms with Crippen molar-refractivity contribution in [3.8, 4) is 5.75 Å². The van der Waals surface area contributed by atoms with Crippen molar-refractivity contribution in [2.45, 2.75) is 25.8 Å². The van der Waals surface area contributed by atoms with E-state index in [0.29, 0.717) is 12.8 Å². The van der Waals surface area contributed by atoms with E-state index in [2.05, 4.69) is 15.3 Å². The van der Waals surface area contributed by atoms with Crippen molar-refractivity contribution in [3.05, 3.63) is 59.9 Å². The van der Waals surface area contributed by atoms with Crippen LogP contribution in [0.15, 0.2) is 48.5 Å². The Morgan fingerprint density at radius 3 is 2.75 bits per heavy atom. The molecule has 0 bridgehead atoms. The summed E-state index contributed by atoms with van der Waals surface area (Å²) < 4.78 is 5.32. The normalized spacial score (nSPS) is 12.1. The molecule has 2 N–H and O–H groups in total. The highest BCUT2D eigenvalue weighted by Gasteiger charge is 2.14. The maximum atomic E-state index is 12.2. The van der Waals surface area contributed by atoms with Crippen LogP contribution in [0.4, 0.5) is 0 Å². The van der Waals surface area contributed by atoms with Crippen LogP contribution in [0, 0.1) is 0 Å². The third kappa shape index (κ3) is 3.56. The third-order valence-corrected chi connectivity index (χ3v) is 4.01. The zero-order valence-corrected chi connectivity index (χ0v) is 13.9. The van der Waals surface area contributed by atoms with Gasteiger partial charge in [-0.1, -0.05) is 30.3 Å². The van der Waals surface area contributed by atoms with Gasteiger partial charge in [0.1, 0.15) is 11.6 Å². The van der Waals surface area contributed by atoms with Crippen LogP contribution in [-0.2, 0) is 11.2 Å². The lowest BCUT2D eigenvalue weighted by atomic mass is 10.1. The minimum absolute atomic E-state index is 0.00568. The number of nitrogens with one attached hydrogen (secondary N) is 2. The lowest BCUT2D eigenvalue weighted by molar-refractivity contribution is -0.121. The lowest BCUT2D eigenvalue weighted by Gasteiger charge is -2.12. The van der Waals surface area contributed by atoms with Gasteiger partial charge in [0.15, 0.2) is 0 Å². The topological polar surface area (TPSA) is 67.0 Å². The van der Waals surface area contributed by atoms with Crippen molar-refractivity contribution in [2.24, 2.45) is 0 Å². The van der Waals surface area contributed by atoms with Crippen molar-refractivity contribution < 1.29 is 9.53 Å². The Morgan fingerprint density at radius 2 is 1.96 bits per heavy atom. The van der Waals surface area contributed by atoms with Gasteiger partial charge in [-0.05, 0) is 37.1 Å². The fourth-order valence-corrected chi connectivity index (χ4v) is 2.72. The van der Waals surface area contributed by atoms with Gasteiger partial charge in [-0.25, -0.2) is 4.98 Å². The number of hydrogen-bond acceptors (Lipinski definition) is 3. The summed E-state index contributed by atoms with van der Waals surface area (Å²) in [6, 6.07) is 15.4. The number of aromatic nitrogens is 2. The van der Waals surface area contributed by atoms with Crippen LogP contribution in [0.5, 0.6) is 5.75 Å². The Morgan fingerprint density at radius 1 is 1.21 bits per heavy atom. The van der Waals surface area contributed by atoms with E-state index in [1.54, 1.807) is 7.11 Å². The van der Waals surface area contributed by atoms with Crippen LogP contribution in [0.25, 0.3) is 11.0 Å². The minimum atomic E-state index is -0.164. The Balaban J connectivity index is 1.60. The highest BCUT2D eigenvalue weighted by molar-refractivity contribution is 5.77. The first-order valence-corrected chi connectivity index (χ1v) is 8.03. The highest BCUT2D eigenvalue weighted by Crippen LogP contribution is 2.19. The predicted octanol–water partition coefficient (Wildman–Crippen LogP) is 3.38. The van der Waals surface area contributed by atoms with Gasteiger partial charge in [-0.3, -0.25) is 4.79 Å². The van der Waals surface area contributed by atoms with Crippen molar-refractivity contribution in [1.82, 2.24) is 15.3 Å². The number of nitrogens with zero attached hydrogens (tertiary/aromatic N) is 1. The van der Waals surface area contributed by atoms with E-state index in [4.69, 9.17) is 4.74 Å². The molecule has 24 heavy (non-hydrogen) atoms. The molecule has 0 aliphatic heterocycles. The number of benzene rings is 2. The summed E-state index contributed by atoms with van der Waals surface area (Å²) in [5.74, 6) is 1.58. The molecule has 3 aromatic rings. The van der Waals surface area contributed by atoms with Crippen LogP contribution in [0.2, 0.25) is 0 Å². The molecule has 1 amide bonds. The summed E-state index contributed by atoms with van der Waals surface area (Å²) in [4.78, 5) is 20.0. The summed E-state index contributed by atoms with van der Waals surface area (Å²) in [6.45, 7) is 1.93. The van der Waals surface area contributed by atoms with E-state index in [1.807, 2.05) is 55.5 Å². The fourth-order valence-electron chi connectivity index (χ4n) is 2.72. The van der Waals surface area contributed by atoms with E-state index in [0.717, 1.165) is 28.2 Å². The summed E-state index contributed by atoms with van der Waals surface area (Å²) in [6.07, 6.45) is 1.05. The molecule has 0 aliphatic carbocycles. The molecular weight excluding hydrogens is 302 g/mol. The average Bonchev–Trinajstić information content (AvgIpc) is 3.04. The van der Waals surface area contributed by atoms with Crippen LogP contribution in [0.1, 0.15) is 30.8 Å². The molecule has 0 fully saturated rings. The first kappa shape index (κ1) is 16.1. The number of H-pyrrole nitrogens is 1. The Hall–Kier alpha value is -2.82. The molecule has 124 valence electrons. The summed E-state index contributed by atoms with van der Waals surface area (Å²) in [5, 5.41) is 2.99. The Labute approximate surface area is 141 Å². The molecule has 0 aliphatic rings. The van der Waals surface area contributed by atoms with Gasteiger partial charge in [-0.15, -0.1) is 0 Å². The van der Waals surface area contributed by atoms with Crippen LogP contribution in [0.3, 0.4) is 0 Å². The average molecular weight is 323 g/mol. The van der Waals surface area contributed by atoms with E-state index >= 15 is 0 Å². The molecule has 0 saturated carbocycles. The number of imidazole rings is 1. The molecule has 1 atom stereocenters. The molecule has 1 aromatic heterocycles. The molecule has 5 heteroatoms. The molecule has 2 aromatic carbocycles. The second-order valence-electron chi connectivity index (χ2n) is 5.74. The van der Waals surface area contributed by atoms with Crippen molar-refractivity contribution in [2.75, 3.05) is 7.11 Å². The number of carbonyl (C=O) groups is 1. The summed E-state index contributed by atoms with van der Waals surface area (Å²) in [5.41, 5.74) is 2.91. The molecule has 3 rings (SSSR count). The lowest BCUT2D eigenvalue weighted by Crippen LogP contribution is -2.27. The molecule has 1 heterocycles. The number of hydrogen-bond donors (Lipinski definition) is 2. The first-order valence-electron chi connectivity index (χ1n) is 8.03. The number of rotatable bonds is 6.